The van der Waals surface area contributed by atoms with Crippen LogP contribution in [0.2, 0.25) is 5.02 Å². The van der Waals surface area contributed by atoms with E-state index in [9.17, 15) is 0 Å². The van der Waals surface area contributed by atoms with Crippen LogP contribution in [0.5, 0.6) is 5.75 Å². The van der Waals surface area contributed by atoms with Crippen LogP contribution in [-0.2, 0) is 11.3 Å². The first kappa shape index (κ1) is 14.6. The van der Waals surface area contributed by atoms with Crippen molar-refractivity contribution in [2.75, 3.05) is 33.9 Å². The Morgan fingerprint density at radius 2 is 2.21 bits per heavy atom. The molecule has 1 atom stereocenters. The fourth-order valence-corrected chi connectivity index (χ4v) is 3.04. The van der Waals surface area contributed by atoms with E-state index in [1.165, 1.54) is 5.56 Å². The minimum absolute atomic E-state index is 0.175. The van der Waals surface area contributed by atoms with Crippen LogP contribution in [0.25, 0.3) is 0 Å². The second-order valence-corrected chi connectivity index (χ2v) is 5.12. The summed E-state index contributed by atoms with van der Waals surface area (Å²) in [6, 6.07) is 3.99. The lowest BCUT2D eigenvalue weighted by Crippen LogP contribution is -2.29. The van der Waals surface area contributed by atoms with E-state index in [1.807, 2.05) is 12.1 Å². The van der Waals surface area contributed by atoms with Crippen molar-refractivity contribution < 1.29 is 9.47 Å². The topological polar surface area (TPSA) is 47.7 Å². The molecule has 1 aromatic carbocycles. The highest BCUT2D eigenvalue weighted by Gasteiger charge is 2.32. The number of benzene rings is 1. The van der Waals surface area contributed by atoms with Crippen LogP contribution in [0, 0.1) is 0 Å². The third-order valence-electron chi connectivity index (χ3n) is 3.63. The summed E-state index contributed by atoms with van der Waals surface area (Å²) >= 11 is 6.34. The number of ether oxygens (including phenoxy) is 2. The van der Waals surface area contributed by atoms with Crippen LogP contribution in [0.1, 0.15) is 23.6 Å². The van der Waals surface area contributed by atoms with Gasteiger partial charge in [-0.1, -0.05) is 11.6 Å². The maximum absolute atomic E-state index is 6.34. The molecule has 0 aromatic heterocycles. The van der Waals surface area contributed by atoms with E-state index in [1.54, 1.807) is 14.2 Å². The van der Waals surface area contributed by atoms with E-state index in [4.69, 9.17) is 26.8 Å². The molecule has 2 N–H and O–H groups in total. The van der Waals surface area contributed by atoms with Crippen molar-refractivity contribution in [1.82, 2.24) is 4.90 Å². The van der Waals surface area contributed by atoms with Crippen LogP contribution >= 0.6 is 11.6 Å². The van der Waals surface area contributed by atoms with Gasteiger partial charge in [0, 0.05) is 50.0 Å². The highest BCUT2D eigenvalue weighted by Crippen LogP contribution is 2.42. The summed E-state index contributed by atoms with van der Waals surface area (Å²) in [5, 5.41) is 0.778. The van der Waals surface area contributed by atoms with Gasteiger partial charge in [-0.25, -0.2) is 0 Å². The molecule has 1 aromatic rings. The molecule has 0 spiro atoms. The van der Waals surface area contributed by atoms with Crippen molar-refractivity contribution in [3.05, 3.63) is 28.3 Å². The lowest BCUT2D eigenvalue weighted by Gasteiger charge is -2.23. The molecule has 1 aliphatic heterocycles. The van der Waals surface area contributed by atoms with Gasteiger partial charge in [0.2, 0.25) is 0 Å². The number of nitrogens with two attached hydrogens (primary N) is 1. The van der Waals surface area contributed by atoms with Gasteiger partial charge in [0.15, 0.2) is 0 Å². The van der Waals surface area contributed by atoms with E-state index in [-0.39, 0.29) is 6.04 Å². The van der Waals surface area contributed by atoms with E-state index in [0.29, 0.717) is 6.54 Å². The van der Waals surface area contributed by atoms with Gasteiger partial charge in [0.25, 0.3) is 0 Å². The average molecular weight is 285 g/mol. The molecule has 1 heterocycles. The first-order chi connectivity index (χ1) is 9.22. The van der Waals surface area contributed by atoms with Gasteiger partial charge in [0.05, 0.1) is 7.11 Å². The lowest BCUT2D eigenvalue weighted by molar-refractivity contribution is 0.156. The van der Waals surface area contributed by atoms with Crippen LogP contribution < -0.4 is 10.5 Å². The zero-order valence-corrected chi connectivity index (χ0v) is 12.2. The van der Waals surface area contributed by atoms with Crippen molar-refractivity contribution in [3.8, 4) is 5.75 Å². The summed E-state index contributed by atoms with van der Waals surface area (Å²) in [5.41, 5.74) is 8.23. The van der Waals surface area contributed by atoms with E-state index < -0.39 is 0 Å². The molecule has 5 heteroatoms. The number of rotatable bonds is 6. The molecule has 0 saturated heterocycles. The Hall–Kier alpha value is -0.810. The molecular weight excluding hydrogens is 264 g/mol. The third-order valence-corrected chi connectivity index (χ3v) is 3.96. The van der Waals surface area contributed by atoms with Crippen molar-refractivity contribution in [2.24, 2.45) is 5.73 Å². The number of hydrogen-bond acceptors (Lipinski definition) is 4. The molecule has 1 aliphatic rings. The normalized spacial score (nSPS) is 18.6. The average Bonchev–Trinajstić information content (AvgIpc) is 2.79. The van der Waals surface area contributed by atoms with Gasteiger partial charge in [-0.15, -0.1) is 0 Å². The predicted octanol–water partition coefficient (Wildman–Crippen LogP) is 2.20. The molecule has 0 aliphatic carbocycles. The van der Waals surface area contributed by atoms with Crippen LogP contribution in [-0.4, -0.2) is 38.8 Å². The maximum Gasteiger partial charge on any atom is 0.123 e. The Bertz CT molecular complexity index is 440. The second kappa shape index (κ2) is 6.57. The zero-order valence-electron chi connectivity index (χ0n) is 11.5. The Morgan fingerprint density at radius 3 is 2.84 bits per heavy atom. The summed E-state index contributed by atoms with van der Waals surface area (Å²) in [6.45, 7) is 3.11. The third kappa shape index (κ3) is 2.87. The zero-order chi connectivity index (χ0) is 13.8. The molecule has 19 heavy (non-hydrogen) atoms. The highest BCUT2D eigenvalue weighted by molar-refractivity contribution is 6.31. The van der Waals surface area contributed by atoms with Crippen LogP contribution in [0.3, 0.4) is 0 Å². The molecule has 4 nitrogen and oxygen atoms in total. The molecule has 1 unspecified atom stereocenters. The van der Waals surface area contributed by atoms with Crippen LogP contribution in [0.4, 0.5) is 0 Å². The van der Waals surface area contributed by atoms with Crippen molar-refractivity contribution in [3.63, 3.8) is 0 Å². The summed E-state index contributed by atoms with van der Waals surface area (Å²) in [5.74, 6) is 0.895. The Balaban J connectivity index is 2.24. The summed E-state index contributed by atoms with van der Waals surface area (Å²) in [4.78, 5) is 2.35. The Kier molecular flexibility index (Phi) is 5.05. The van der Waals surface area contributed by atoms with Gasteiger partial charge >= 0.3 is 0 Å². The minimum atomic E-state index is 0.175. The SMILES string of the molecule is COCCCN1Cc2c(OC)ccc(Cl)c2C1CN. The molecule has 0 saturated carbocycles. The standard InChI is InChI=1S/C14H21ClN2O2/c1-18-7-3-6-17-9-10-13(19-2)5-4-11(15)14(10)12(17)8-16/h4-5,12H,3,6-9,16H2,1-2H3. The number of fused-ring (bicyclic) bond motifs is 1. The van der Waals surface area contributed by atoms with Gasteiger partial charge in [-0.05, 0) is 24.1 Å². The number of halogens is 1. The second-order valence-electron chi connectivity index (χ2n) is 4.71. The molecule has 0 fully saturated rings. The first-order valence-electron chi connectivity index (χ1n) is 6.51. The number of hydrogen-bond donors (Lipinski definition) is 1. The smallest absolute Gasteiger partial charge is 0.123 e. The number of nitrogens with zero attached hydrogens (tertiary/aromatic N) is 1. The molecule has 0 radical (unpaired) electrons. The van der Waals surface area contributed by atoms with E-state index in [2.05, 4.69) is 4.90 Å². The van der Waals surface area contributed by atoms with Crippen LogP contribution in [0.15, 0.2) is 12.1 Å². The predicted molar refractivity (Wildman–Crippen MR) is 76.7 cm³/mol. The fraction of sp³-hybridized carbons (Fsp3) is 0.571. The molecule has 2 rings (SSSR count). The molecule has 0 amide bonds. The fourth-order valence-electron chi connectivity index (χ4n) is 2.74. The summed E-state index contributed by atoms with van der Waals surface area (Å²) in [7, 11) is 3.41. The van der Waals surface area contributed by atoms with Gasteiger partial charge in [0.1, 0.15) is 5.75 Å². The van der Waals surface area contributed by atoms with Gasteiger partial charge in [-0.2, -0.15) is 0 Å². The molecular formula is C14H21ClN2O2. The largest absolute Gasteiger partial charge is 0.496 e. The summed E-state index contributed by atoms with van der Waals surface area (Å²) in [6.07, 6.45) is 0.987. The summed E-state index contributed by atoms with van der Waals surface area (Å²) < 4.78 is 10.5. The minimum Gasteiger partial charge on any atom is -0.496 e. The van der Waals surface area contributed by atoms with Gasteiger partial charge < -0.3 is 15.2 Å². The lowest BCUT2D eigenvalue weighted by atomic mass is 10.0. The van der Waals surface area contributed by atoms with E-state index in [0.717, 1.165) is 42.5 Å². The van der Waals surface area contributed by atoms with Crippen molar-refractivity contribution >= 4 is 11.6 Å². The highest BCUT2D eigenvalue weighted by atomic mass is 35.5. The Labute approximate surface area is 119 Å². The maximum atomic E-state index is 6.34. The molecule has 0 bridgehead atoms. The number of methoxy groups -OCH3 is 2. The quantitative estimate of drug-likeness (QED) is 0.814. The van der Waals surface area contributed by atoms with Crippen molar-refractivity contribution in [2.45, 2.75) is 19.0 Å². The van der Waals surface area contributed by atoms with E-state index >= 15 is 0 Å². The first-order valence-corrected chi connectivity index (χ1v) is 6.89. The monoisotopic (exact) mass is 284 g/mol. The molecule has 106 valence electrons. The van der Waals surface area contributed by atoms with Crippen molar-refractivity contribution in [1.29, 1.82) is 0 Å². The Morgan fingerprint density at radius 1 is 1.42 bits per heavy atom. The van der Waals surface area contributed by atoms with Gasteiger partial charge in [-0.3, -0.25) is 4.90 Å².